The van der Waals surface area contributed by atoms with E-state index in [0.717, 1.165) is 11.1 Å². The number of benzene rings is 1. The molecule has 2 aromatic rings. The highest BCUT2D eigenvalue weighted by Crippen LogP contribution is 2.36. The highest BCUT2D eigenvalue weighted by molar-refractivity contribution is 5.73. The fourth-order valence-electron chi connectivity index (χ4n) is 2.20. The van der Waals surface area contributed by atoms with Crippen LogP contribution in [0.2, 0.25) is 0 Å². The minimum atomic E-state index is -0.217. The first-order chi connectivity index (χ1) is 9.84. The molecule has 1 heterocycles. The fourth-order valence-corrected chi connectivity index (χ4v) is 2.20. The van der Waals surface area contributed by atoms with Gasteiger partial charge >= 0.3 is 0 Å². The van der Waals surface area contributed by atoms with Crippen LogP contribution in [0, 0.1) is 12.3 Å². The molecular weight excluding hydrogens is 266 g/mol. The Morgan fingerprint density at radius 2 is 2.05 bits per heavy atom. The first-order valence-electron chi connectivity index (χ1n) is 7.15. The summed E-state index contributed by atoms with van der Waals surface area (Å²) < 4.78 is 11.2. The van der Waals surface area contributed by atoms with Crippen LogP contribution >= 0.6 is 0 Å². The van der Waals surface area contributed by atoms with Crippen LogP contribution in [0.15, 0.2) is 22.7 Å². The molecule has 0 aliphatic rings. The van der Waals surface area contributed by atoms with E-state index in [-0.39, 0.29) is 11.5 Å². The number of nitrogen functional groups attached to an aromatic ring is 1. The third kappa shape index (κ3) is 3.24. The van der Waals surface area contributed by atoms with Crippen molar-refractivity contribution in [2.75, 3.05) is 12.3 Å². The number of hydrogen-bond donors (Lipinski definition) is 1. The SMILES string of the molecule is CCOC(c1noc(-c2cccc(C)c2N)n1)C(C)(C)C. The Morgan fingerprint density at radius 1 is 1.33 bits per heavy atom. The van der Waals surface area contributed by atoms with Crippen molar-refractivity contribution >= 4 is 5.69 Å². The molecule has 5 nitrogen and oxygen atoms in total. The topological polar surface area (TPSA) is 74.2 Å². The number of anilines is 1. The maximum Gasteiger partial charge on any atom is 0.260 e. The zero-order valence-electron chi connectivity index (χ0n) is 13.3. The molecule has 0 saturated heterocycles. The summed E-state index contributed by atoms with van der Waals surface area (Å²) in [4.78, 5) is 4.49. The molecule has 21 heavy (non-hydrogen) atoms. The average Bonchev–Trinajstić information content (AvgIpc) is 2.87. The van der Waals surface area contributed by atoms with Crippen LogP contribution in [-0.2, 0) is 4.74 Å². The van der Waals surface area contributed by atoms with Crippen molar-refractivity contribution in [1.82, 2.24) is 10.1 Å². The standard InChI is InChI=1S/C16H23N3O2/c1-6-20-13(16(3,4)5)14-18-15(21-19-14)11-9-7-8-10(2)12(11)17/h7-9,13H,6,17H2,1-5H3. The van der Waals surface area contributed by atoms with Crippen molar-refractivity contribution in [1.29, 1.82) is 0 Å². The number of aryl methyl sites for hydroxylation is 1. The van der Waals surface area contributed by atoms with Gasteiger partial charge in [0.15, 0.2) is 0 Å². The molecular formula is C16H23N3O2. The van der Waals surface area contributed by atoms with E-state index in [0.29, 0.717) is 24.0 Å². The highest BCUT2D eigenvalue weighted by atomic mass is 16.5. The van der Waals surface area contributed by atoms with Crippen LogP contribution in [0.3, 0.4) is 0 Å². The number of aromatic nitrogens is 2. The second-order valence-corrected chi connectivity index (χ2v) is 6.20. The summed E-state index contributed by atoms with van der Waals surface area (Å²) in [5, 5.41) is 4.08. The number of nitrogens with two attached hydrogens (primary N) is 1. The quantitative estimate of drug-likeness (QED) is 0.868. The van der Waals surface area contributed by atoms with Gasteiger partial charge in [-0.1, -0.05) is 38.1 Å². The average molecular weight is 289 g/mol. The normalized spacial score (nSPS) is 13.4. The Balaban J connectivity index is 2.39. The van der Waals surface area contributed by atoms with Gasteiger partial charge in [-0.2, -0.15) is 4.98 Å². The first kappa shape index (κ1) is 15.5. The maximum absolute atomic E-state index is 6.09. The summed E-state index contributed by atoms with van der Waals surface area (Å²) in [5.41, 5.74) is 8.39. The lowest BCUT2D eigenvalue weighted by Gasteiger charge is -2.27. The third-order valence-electron chi connectivity index (χ3n) is 3.35. The Bertz CT molecular complexity index is 614. The van der Waals surface area contributed by atoms with E-state index < -0.39 is 0 Å². The lowest BCUT2D eigenvalue weighted by atomic mass is 9.88. The molecule has 0 radical (unpaired) electrons. The summed E-state index contributed by atoms with van der Waals surface area (Å²) >= 11 is 0. The van der Waals surface area contributed by atoms with Crippen molar-refractivity contribution in [3.63, 3.8) is 0 Å². The summed E-state index contributed by atoms with van der Waals surface area (Å²) in [7, 11) is 0. The van der Waals surface area contributed by atoms with Crippen molar-refractivity contribution in [3.05, 3.63) is 29.6 Å². The van der Waals surface area contributed by atoms with Gasteiger partial charge in [-0.25, -0.2) is 0 Å². The van der Waals surface area contributed by atoms with Gasteiger partial charge in [0.1, 0.15) is 6.10 Å². The van der Waals surface area contributed by atoms with Gasteiger partial charge in [-0.3, -0.25) is 0 Å². The molecule has 0 saturated carbocycles. The van der Waals surface area contributed by atoms with E-state index in [1.54, 1.807) is 0 Å². The molecule has 2 N–H and O–H groups in total. The molecule has 1 atom stereocenters. The maximum atomic E-state index is 6.09. The fraction of sp³-hybridized carbons (Fsp3) is 0.500. The molecule has 1 unspecified atom stereocenters. The van der Waals surface area contributed by atoms with Gasteiger partial charge in [-0.15, -0.1) is 0 Å². The summed E-state index contributed by atoms with van der Waals surface area (Å²) in [6, 6.07) is 5.76. The third-order valence-corrected chi connectivity index (χ3v) is 3.35. The number of hydrogen-bond acceptors (Lipinski definition) is 5. The first-order valence-corrected chi connectivity index (χ1v) is 7.15. The second kappa shape index (κ2) is 5.85. The Morgan fingerprint density at radius 3 is 2.67 bits per heavy atom. The van der Waals surface area contributed by atoms with Crippen LogP contribution in [0.1, 0.15) is 45.2 Å². The van der Waals surface area contributed by atoms with E-state index in [9.17, 15) is 0 Å². The molecule has 0 spiro atoms. The summed E-state index contributed by atoms with van der Waals surface area (Å²) in [6.07, 6.45) is -0.217. The number of para-hydroxylation sites is 1. The molecule has 0 fully saturated rings. The number of rotatable bonds is 4. The van der Waals surface area contributed by atoms with Gasteiger partial charge in [0, 0.05) is 12.3 Å². The highest BCUT2D eigenvalue weighted by Gasteiger charge is 2.31. The van der Waals surface area contributed by atoms with Gasteiger partial charge in [0.05, 0.1) is 5.56 Å². The van der Waals surface area contributed by atoms with Gasteiger partial charge in [-0.05, 0) is 30.9 Å². The minimum Gasteiger partial charge on any atom is -0.398 e. The largest absolute Gasteiger partial charge is 0.398 e. The Hall–Kier alpha value is -1.88. The van der Waals surface area contributed by atoms with Crippen LogP contribution in [0.5, 0.6) is 0 Å². The molecule has 114 valence electrons. The summed E-state index contributed by atoms with van der Waals surface area (Å²) in [5.74, 6) is 0.986. The van der Waals surface area contributed by atoms with Crippen LogP contribution in [0.4, 0.5) is 5.69 Å². The van der Waals surface area contributed by atoms with E-state index in [1.807, 2.05) is 32.0 Å². The zero-order valence-corrected chi connectivity index (χ0v) is 13.3. The van der Waals surface area contributed by atoms with Crippen molar-refractivity contribution in [3.8, 4) is 11.5 Å². The van der Waals surface area contributed by atoms with Gasteiger partial charge in [0.25, 0.3) is 5.89 Å². The minimum absolute atomic E-state index is 0.116. The second-order valence-electron chi connectivity index (χ2n) is 6.20. The molecule has 2 rings (SSSR count). The lowest BCUT2D eigenvalue weighted by Crippen LogP contribution is -2.22. The molecule has 0 aliphatic heterocycles. The van der Waals surface area contributed by atoms with E-state index >= 15 is 0 Å². The van der Waals surface area contributed by atoms with Crippen LogP contribution in [-0.4, -0.2) is 16.7 Å². The lowest BCUT2D eigenvalue weighted by molar-refractivity contribution is -0.0203. The molecule has 0 bridgehead atoms. The zero-order chi connectivity index (χ0) is 15.6. The predicted molar refractivity (Wildman–Crippen MR) is 82.7 cm³/mol. The Labute approximate surface area is 125 Å². The predicted octanol–water partition coefficient (Wildman–Crippen LogP) is 3.75. The summed E-state index contributed by atoms with van der Waals surface area (Å²) in [6.45, 7) is 10.8. The van der Waals surface area contributed by atoms with Crippen LogP contribution in [0.25, 0.3) is 11.5 Å². The van der Waals surface area contributed by atoms with E-state index in [4.69, 9.17) is 15.0 Å². The molecule has 1 aromatic carbocycles. The van der Waals surface area contributed by atoms with Crippen molar-refractivity contribution in [2.24, 2.45) is 5.41 Å². The molecule has 5 heteroatoms. The van der Waals surface area contributed by atoms with E-state index in [2.05, 4.69) is 30.9 Å². The van der Waals surface area contributed by atoms with Gasteiger partial charge in [0.2, 0.25) is 5.82 Å². The van der Waals surface area contributed by atoms with Crippen molar-refractivity contribution < 1.29 is 9.26 Å². The molecule has 0 aliphatic carbocycles. The van der Waals surface area contributed by atoms with Crippen LogP contribution < -0.4 is 5.73 Å². The molecule has 0 amide bonds. The van der Waals surface area contributed by atoms with Gasteiger partial charge < -0.3 is 15.0 Å². The molecule has 1 aromatic heterocycles. The van der Waals surface area contributed by atoms with E-state index in [1.165, 1.54) is 0 Å². The van der Waals surface area contributed by atoms with Crippen molar-refractivity contribution in [2.45, 2.75) is 40.7 Å². The monoisotopic (exact) mass is 289 g/mol. The number of ether oxygens (including phenoxy) is 1. The smallest absolute Gasteiger partial charge is 0.260 e. The number of nitrogens with zero attached hydrogens (tertiary/aromatic N) is 2. The Kier molecular flexibility index (Phi) is 4.32.